The Morgan fingerprint density at radius 3 is 2.75 bits per heavy atom. The second kappa shape index (κ2) is 9.88. The van der Waals surface area contributed by atoms with Gasteiger partial charge in [-0.25, -0.2) is 9.59 Å². The second-order valence-corrected chi connectivity index (χ2v) is 7.15. The standard InChI is InChI=1S/C21H22N4O7/c1-13-18(20(27)28)19(14-5-2-6-15(11-14)25(30)31)24(21(29)23-13)9-4-8-22-12-16(26)17-7-3-10-32-17/h2-3,5-7,10-11,19,22H,4,8-9,12H2,1H3,(H,23,29)(H,27,28). The van der Waals surface area contributed by atoms with Crippen molar-refractivity contribution in [3.63, 3.8) is 0 Å². The third kappa shape index (κ3) is 5.01. The van der Waals surface area contributed by atoms with Crippen LogP contribution in [0.25, 0.3) is 0 Å². The highest BCUT2D eigenvalue weighted by Gasteiger charge is 2.37. The topological polar surface area (TPSA) is 155 Å². The summed E-state index contributed by atoms with van der Waals surface area (Å²) in [6, 6.07) is 7.26. The summed E-state index contributed by atoms with van der Waals surface area (Å²) in [5.74, 6) is -1.21. The van der Waals surface area contributed by atoms with E-state index in [2.05, 4.69) is 10.6 Å². The summed E-state index contributed by atoms with van der Waals surface area (Å²) in [6.45, 7) is 2.06. The molecule has 2 amide bonds. The van der Waals surface area contributed by atoms with Crippen LogP contribution < -0.4 is 10.6 Å². The van der Waals surface area contributed by atoms with Gasteiger partial charge in [0.1, 0.15) is 0 Å². The summed E-state index contributed by atoms with van der Waals surface area (Å²) in [6.07, 6.45) is 1.82. The molecule has 1 aliphatic heterocycles. The van der Waals surface area contributed by atoms with E-state index in [0.717, 1.165) is 0 Å². The molecule has 0 radical (unpaired) electrons. The Balaban J connectivity index is 1.74. The SMILES string of the molecule is CC1=C(C(=O)O)C(c2cccc([N+](=O)[O-])c2)N(CCCNCC(=O)c2ccco2)C(=O)N1. The molecule has 11 nitrogen and oxygen atoms in total. The van der Waals surface area contributed by atoms with Crippen molar-refractivity contribution in [1.29, 1.82) is 0 Å². The Bertz CT molecular complexity index is 1060. The number of allylic oxidation sites excluding steroid dienone is 1. The molecule has 0 saturated carbocycles. The van der Waals surface area contributed by atoms with E-state index in [1.54, 1.807) is 18.2 Å². The number of nitro groups is 1. The lowest BCUT2D eigenvalue weighted by atomic mass is 9.93. The maximum atomic E-state index is 12.7. The minimum Gasteiger partial charge on any atom is -0.478 e. The Morgan fingerprint density at radius 1 is 1.31 bits per heavy atom. The summed E-state index contributed by atoms with van der Waals surface area (Å²) in [5, 5.41) is 26.4. The van der Waals surface area contributed by atoms with Gasteiger partial charge in [0.05, 0.1) is 29.3 Å². The molecule has 3 N–H and O–H groups in total. The fourth-order valence-corrected chi connectivity index (χ4v) is 3.54. The van der Waals surface area contributed by atoms with E-state index >= 15 is 0 Å². The fourth-order valence-electron chi connectivity index (χ4n) is 3.54. The van der Waals surface area contributed by atoms with Gasteiger partial charge in [0.25, 0.3) is 5.69 Å². The number of furan rings is 1. The number of carbonyl (C=O) groups excluding carboxylic acids is 2. The van der Waals surface area contributed by atoms with Crippen molar-refractivity contribution < 1.29 is 28.8 Å². The van der Waals surface area contributed by atoms with Crippen LogP contribution in [0.1, 0.15) is 35.5 Å². The van der Waals surface area contributed by atoms with Crippen molar-refractivity contribution in [2.45, 2.75) is 19.4 Å². The van der Waals surface area contributed by atoms with Crippen molar-refractivity contribution >= 4 is 23.5 Å². The van der Waals surface area contributed by atoms with Crippen LogP contribution in [0.5, 0.6) is 0 Å². The average molecular weight is 442 g/mol. The summed E-state index contributed by atoms with van der Waals surface area (Å²) < 4.78 is 5.04. The molecule has 0 spiro atoms. The minimum absolute atomic E-state index is 0.0490. The van der Waals surface area contributed by atoms with Crippen molar-refractivity contribution in [2.75, 3.05) is 19.6 Å². The van der Waals surface area contributed by atoms with Gasteiger partial charge in [-0.05, 0) is 37.6 Å². The number of aliphatic carboxylic acids is 1. The van der Waals surface area contributed by atoms with E-state index in [4.69, 9.17) is 4.42 Å². The highest BCUT2D eigenvalue weighted by atomic mass is 16.6. The van der Waals surface area contributed by atoms with Gasteiger partial charge in [0.15, 0.2) is 5.76 Å². The van der Waals surface area contributed by atoms with Gasteiger partial charge in [-0.3, -0.25) is 14.9 Å². The Hall–Kier alpha value is -3.99. The van der Waals surface area contributed by atoms with Gasteiger partial charge in [0.2, 0.25) is 5.78 Å². The maximum Gasteiger partial charge on any atom is 0.335 e. The monoisotopic (exact) mass is 442 g/mol. The Morgan fingerprint density at radius 2 is 2.09 bits per heavy atom. The van der Waals surface area contributed by atoms with Gasteiger partial charge >= 0.3 is 12.0 Å². The van der Waals surface area contributed by atoms with Crippen molar-refractivity contribution in [2.24, 2.45) is 0 Å². The lowest BCUT2D eigenvalue weighted by Gasteiger charge is -2.37. The molecule has 0 fully saturated rings. The molecular formula is C21H22N4O7. The summed E-state index contributed by atoms with van der Waals surface area (Å²) in [5.41, 5.74) is 0.240. The smallest absolute Gasteiger partial charge is 0.335 e. The highest BCUT2D eigenvalue weighted by molar-refractivity contribution is 5.95. The van der Waals surface area contributed by atoms with E-state index in [1.807, 2.05) is 0 Å². The number of carboxylic acid groups (broad SMARTS) is 1. The normalized spacial score (nSPS) is 16.1. The largest absolute Gasteiger partial charge is 0.478 e. The van der Waals surface area contributed by atoms with Gasteiger partial charge in [-0.15, -0.1) is 0 Å². The molecule has 1 unspecified atom stereocenters. The number of nitro benzene ring substituents is 1. The van der Waals surface area contributed by atoms with E-state index in [-0.39, 0.29) is 41.6 Å². The van der Waals surface area contributed by atoms with Crippen LogP contribution in [0, 0.1) is 10.1 Å². The number of rotatable bonds is 10. The molecule has 2 heterocycles. The number of benzene rings is 1. The number of hydrogen-bond donors (Lipinski definition) is 3. The van der Waals surface area contributed by atoms with Crippen molar-refractivity contribution in [3.8, 4) is 0 Å². The zero-order chi connectivity index (χ0) is 23.3. The van der Waals surface area contributed by atoms with E-state index in [0.29, 0.717) is 18.5 Å². The van der Waals surface area contributed by atoms with Crippen LogP contribution in [-0.2, 0) is 4.79 Å². The van der Waals surface area contributed by atoms with Gasteiger partial charge in [0, 0.05) is 24.4 Å². The first-order chi connectivity index (χ1) is 15.3. The number of carboxylic acids is 1. The molecule has 32 heavy (non-hydrogen) atoms. The first-order valence-electron chi connectivity index (χ1n) is 9.83. The predicted octanol–water partition coefficient (Wildman–Crippen LogP) is 2.48. The van der Waals surface area contributed by atoms with Gasteiger partial charge in [-0.2, -0.15) is 0 Å². The van der Waals surface area contributed by atoms with Gasteiger partial charge < -0.3 is 25.1 Å². The number of hydrogen-bond acceptors (Lipinski definition) is 7. The molecule has 1 aromatic carbocycles. The van der Waals surface area contributed by atoms with Crippen molar-refractivity contribution in [1.82, 2.24) is 15.5 Å². The van der Waals surface area contributed by atoms with Crippen LogP contribution in [0.2, 0.25) is 0 Å². The van der Waals surface area contributed by atoms with Crippen molar-refractivity contribution in [3.05, 3.63) is 75.4 Å². The van der Waals surface area contributed by atoms with E-state index in [1.165, 1.54) is 36.3 Å². The lowest BCUT2D eigenvalue weighted by Crippen LogP contribution is -2.49. The molecular weight excluding hydrogens is 420 g/mol. The lowest BCUT2D eigenvalue weighted by molar-refractivity contribution is -0.384. The number of carbonyl (C=O) groups is 3. The summed E-state index contributed by atoms with van der Waals surface area (Å²) >= 11 is 0. The molecule has 0 saturated heterocycles. The maximum absolute atomic E-state index is 12.7. The second-order valence-electron chi connectivity index (χ2n) is 7.15. The van der Waals surface area contributed by atoms with Crippen LogP contribution in [0.4, 0.5) is 10.5 Å². The minimum atomic E-state index is -1.23. The predicted molar refractivity (Wildman–Crippen MR) is 112 cm³/mol. The third-order valence-corrected chi connectivity index (χ3v) is 5.01. The molecule has 1 aliphatic rings. The molecule has 1 atom stereocenters. The highest BCUT2D eigenvalue weighted by Crippen LogP contribution is 2.35. The quantitative estimate of drug-likeness (QED) is 0.219. The first-order valence-corrected chi connectivity index (χ1v) is 9.83. The third-order valence-electron chi connectivity index (χ3n) is 5.01. The molecule has 2 aromatic rings. The number of amides is 2. The number of nitrogens with zero attached hydrogens (tertiary/aromatic N) is 2. The number of non-ortho nitro benzene ring substituents is 1. The number of ketones is 1. The van der Waals surface area contributed by atoms with E-state index < -0.39 is 23.0 Å². The van der Waals surface area contributed by atoms with Crippen LogP contribution in [0.15, 0.2) is 58.3 Å². The van der Waals surface area contributed by atoms with Crippen LogP contribution >= 0.6 is 0 Å². The average Bonchev–Trinajstić information content (AvgIpc) is 3.29. The van der Waals surface area contributed by atoms with Crippen LogP contribution in [-0.4, -0.2) is 52.3 Å². The number of urea groups is 1. The Labute approximate surface area is 182 Å². The Kier molecular flexibility index (Phi) is 7.00. The summed E-state index contributed by atoms with van der Waals surface area (Å²) in [7, 11) is 0. The molecule has 0 aliphatic carbocycles. The number of Topliss-reactive ketones (excluding diaryl/α,β-unsaturated/α-hetero) is 1. The first kappa shape index (κ1) is 22.7. The summed E-state index contributed by atoms with van der Waals surface area (Å²) in [4.78, 5) is 48.5. The molecule has 168 valence electrons. The number of nitrogens with one attached hydrogen (secondary N) is 2. The van der Waals surface area contributed by atoms with E-state index in [9.17, 15) is 29.6 Å². The molecule has 0 bridgehead atoms. The zero-order valence-corrected chi connectivity index (χ0v) is 17.2. The zero-order valence-electron chi connectivity index (χ0n) is 17.2. The molecule has 11 heteroatoms. The van der Waals surface area contributed by atoms with Crippen LogP contribution in [0.3, 0.4) is 0 Å². The molecule has 3 rings (SSSR count). The molecule has 1 aromatic heterocycles. The van der Waals surface area contributed by atoms with Gasteiger partial charge in [-0.1, -0.05) is 12.1 Å². The fraction of sp³-hybridized carbons (Fsp3) is 0.286.